The third kappa shape index (κ3) is 5.57. The number of carbonyl (C=O) groups is 2. The molecule has 1 amide bonds. The van der Waals surface area contributed by atoms with Crippen molar-refractivity contribution in [2.45, 2.75) is 38.5 Å². The number of nitrogens with zero attached hydrogens (tertiary/aromatic N) is 1. The van der Waals surface area contributed by atoms with Crippen molar-refractivity contribution in [3.8, 4) is 6.07 Å². The zero-order valence-corrected chi connectivity index (χ0v) is 13.6. The number of nitrogens with one attached hydrogen (secondary N) is 1. The van der Waals surface area contributed by atoms with Crippen LogP contribution in [0.1, 0.15) is 44.1 Å². The lowest BCUT2D eigenvalue weighted by Gasteiger charge is -2.10. The highest BCUT2D eigenvalue weighted by Gasteiger charge is 2.17. The maximum Gasteiger partial charge on any atom is 0.306 e. The van der Waals surface area contributed by atoms with Crippen molar-refractivity contribution < 1.29 is 14.3 Å². The second-order valence-corrected chi connectivity index (χ2v) is 6.14. The molecule has 1 aromatic rings. The fourth-order valence-electron chi connectivity index (χ4n) is 2.74. The first-order chi connectivity index (χ1) is 11.1. The summed E-state index contributed by atoms with van der Waals surface area (Å²) >= 11 is 5.84. The number of benzene rings is 1. The molecule has 1 aliphatic rings. The van der Waals surface area contributed by atoms with Crippen LogP contribution in [0.2, 0.25) is 5.02 Å². The van der Waals surface area contributed by atoms with E-state index in [4.69, 9.17) is 21.6 Å². The fraction of sp³-hybridized carbons (Fsp3) is 0.471. The van der Waals surface area contributed by atoms with Gasteiger partial charge in [-0.25, -0.2) is 0 Å². The molecule has 0 aromatic heterocycles. The number of hydrogen-bond acceptors (Lipinski definition) is 4. The van der Waals surface area contributed by atoms with Crippen LogP contribution in [0.5, 0.6) is 0 Å². The summed E-state index contributed by atoms with van der Waals surface area (Å²) in [7, 11) is 0. The molecule has 1 saturated carbocycles. The van der Waals surface area contributed by atoms with Crippen molar-refractivity contribution in [3.63, 3.8) is 0 Å². The molecule has 0 heterocycles. The first-order valence-corrected chi connectivity index (χ1v) is 8.11. The van der Waals surface area contributed by atoms with Gasteiger partial charge in [-0.05, 0) is 30.5 Å². The van der Waals surface area contributed by atoms with E-state index in [1.54, 1.807) is 6.07 Å². The van der Waals surface area contributed by atoms with E-state index in [0.29, 0.717) is 28.6 Å². The zero-order chi connectivity index (χ0) is 16.7. The molecular formula is C17H19ClN2O3. The van der Waals surface area contributed by atoms with Crippen LogP contribution in [0.3, 0.4) is 0 Å². The monoisotopic (exact) mass is 334 g/mol. The Bertz CT molecular complexity index is 619. The highest BCUT2D eigenvalue weighted by molar-refractivity contribution is 6.31. The molecule has 2 rings (SSSR count). The summed E-state index contributed by atoms with van der Waals surface area (Å²) in [5, 5.41) is 11.9. The molecule has 0 saturated heterocycles. The SMILES string of the molecule is N#Cc1ccc(Cl)cc1NC(=O)COC(=O)CCC1CCCC1. The number of nitriles is 1. The highest BCUT2D eigenvalue weighted by atomic mass is 35.5. The largest absolute Gasteiger partial charge is 0.456 e. The van der Waals surface area contributed by atoms with Gasteiger partial charge in [0, 0.05) is 11.4 Å². The van der Waals surface area contributed by atoms with Crippen LogP contribution in [0.25, 0.3) is 0 Å². The third-order valence-electron chi connectivity index (χ3n) is 3.97. The average molecular weight is 335 g/mol. The van der Waals surface area contributed by atoms with E-state index >= 15 is 0 Å². The van der Waals surface area contributed by atoms with Gasteiger partial charge in [0.15, 0.2) is 6.61 Å². The quantitative estimate of drug-likeness (QED) is 0.805. The Balaban J connectivity index is 1.75. The van der Waals surface area contributed by atoms with Gasteiger partial charge in [0.05, 0.1) is 11.3 Å². The third-order valence-corrected chi connectivity index (χ3v) is 4.21. The minimum absolute atomic E-state index is 0.301. The number of halogens is 1. The van der Waals surface area contributed by atoms with Crippen molar-refractivity contribution in [1.29, 1.82) is 5.26 Å². The van der Waals surface area contributed by atoms with Crippen molar-refractivity contribution in [1.82, 2.24) is 0 Å². The van der Waals surface area contributed by atoms with Crippen molar-refractivity contribution in [3.05, 3.63) is 28.8 Å². The van der Waals surface area contributed by atoms with Gasteiger partial charge < -0.3 is 10.1 Å². The highest BCUT2D eigenvalue weighted by Crippen LogP contribution is 2.28. The average Bonchev–Trinajstić information content (AvgIpc) is 3.04. The molecule has 0 atom stereocenters. The molecule has 1 aromatic carbocycles. The molecular weight excluding hydrogens is 316 g/mol. The molecule has 122 valence electrons. The molecule has 0 unspecified atom stereocenters. The molecule has 0 aliphatic heterocycles. The Kier molecular flexibility index (Phi) is 6.42. The van der Waals surface area contributed by atoms with E-state index in [1.807, 2.05) is 6.07 Å². The van der Waals surface area contributed by atoms with Gasteiger partial charge in [-0.2, -0.15) is 5.26 Å². The fourth-order valence-corrected chi connectivity index (χ4v) is 2.91. The Labute approximate surface area is 140 Å². The smallest absolute Gasteiger partial charge is 0.306 e. The second kappa shape index (κ2) is 8.54. The van der Waals surface area contributed by atoms with Gasteiger partial charge in [-0.3, -0.25) is 9.59 Å². The Morgan fingerprint density at radius 3 is 2.78 bits per heavy atom. The standard InChI is InChI=1S/C17H19ClN2O3/c18-14-7-6-13(10-19)15(9-14)20-16(21)11-23-17(22)8-5-12-3-1-2-4-12/h6-7,9,12H,1-5,8,11H2,(H,20,21). The molecule has 1 fully saturated rings. The van der Waals surface area contributed by atoms with Crippen LogP contribution in [0.15, 0.2) is 18.2 Å². The lowest BCUT2D eigenvalue weighted by molar-refractivity contribution is -0.147. The molecule has 5 nitrogen and oxygen atoms in total. The number of amides is 1. The predicted molar refractivity (Wildman–Crippen MR) is 86.9 cm³/mol. The van der Waals surface area contributed by atoms with Crippen LogP contribution in [0.4, 0.5) is 5.69 Å². The van der Waals surface area contributed by atoms with Gasteiger partial charge in [0.2, 0.25) is 0 Å². The van der Waals surface area contributed by atoms with Gasteiger partial charge >= 0.3 is 5.97 Å². The van der Waals surface area contributed by atoms with Crippen molar-refractivity contribution in [2.24, 2.45) is 5.92 Å². The number of esters is 1. The number of rotatable bonds is 6. The number of anilines is 1. The Morgan fingerprint density at radius 2 is 2.09 bits per heavy atom. The van der Waals surface area contributed by atoms with Gasteiger partial charge in [-0.1, -0.05) is 37.3 Å². The van der Waals surface area contributed by atoms with Crippen LogP contribution in [-0.4, -0.2) is 18.5 Å². The van der Waals surface area contributed by atoms with E-state index < -0.39 is 5.91 Å². The molecule has 0 spiro atoms. The number of carbonyl (C=O) groups excluding carboxylic acids is 2. The van der Waals surface area contributed by atoms with Crippen molar-refractivity contribution >= 4 is 29.2 Å². The number of hydrogen-bond donors (Lipinski definition) is 1. The van der Waals surface area contributed by atoms with E-state index in [-0.39, 0.29) is 12.6 Å². The maximum atomic E-state index is 11.8. The number of ether oxygens (including phenoxy) is 1. The summed E-state index contributed by atoms with van der Waals surface area (Å²) in [6.07, 6.45) is 6.01. The summed E-state index contributed by atoms with van der Waals surface area (Å²) < 4.78 is 4.97. The topological polar surface area (TPSA) is 79.2 Å². The molecule has 0 bridgehead atoms. The summed E-state index contributed by atoms with van der Waals surface area (Å²) in [4.78, 5) is 23.5. The first-order valence-electron chi connectivity index (χ1n) is 7.73. The maximum absolute atomic E-state index is 11.8. The van der Waals surface area contributed by atoms with Gasteiger partial charge in [0.25, 0.3) is 5.91 Å². The first kappa shape index (κ1) is 17.3. The Morgan fingerprint density at radius 1 is 1.35 bits per heavy atom. The van der Waals surface area contributed by atoms with E-state index in [2.05, 4.69) is 5.32 Å². The van der Waals surface area contributed by atoms with Crippen LogP contribution < -0.4 is 5.32 Å². The minimum atomic E-state index is -0.488. The van der Waals surface area contributed by atoms with E-state index in [1.165, 1.54) is 37.8 Å². The summed E-state index contributed by atoms with van der Waals surface area (Å²) in [5.41, 5.74) is 0.613. The molecule has 6 heteroatoms. The normalized spacial score (nSPS) is 14.3. The van der Waals surface area contributed by atoms with E-state index in [9.17, 15) is 9.59 Å². The summed E-state index contributed by atoms with van der Waals surface area (Å²) in [5.74, 6) is -0.238. The van der Waals surface area contributed by atoms with Crippen molar-refractivity contribution in [2.75, 3.05) is 11.9 Å². The molecule has 1 aliphatic carbocycles. The van der Waals surface area contributed by atoms with Crippen LogP contribution in [0, 0.1) is 17.2 Å². The minimum Gasteiger partial charge on any atom is -0.456 e. The lowest BCUT2D eigenvalue weighted by Crippen LogP contribution is -2.21. The van der Waals surface area contributed by atoms with Gasteiger partial charge in [0.1, 0.15) is 6.07 Å². The van der Waals surface area contributed by atoms with E-state index in [0.717, 1.165) is 6.42 Å². The zero-order valence-electron chi connectivity index (χ0n) is 12.8. The Hall–Kier alpha value is -2.06. The second-order valence-electron chi connectivity index (χ2n) is 5.70. The predicted octanol–water partition coefficient (Wildman–Crippen LogP) is 3.66. The van der Waals surface area contributed by atoms with Crippen LogP contribution >= 0.6 is 11.6 Å². The van der Waals surface area contributed by atoms with Crippen LogP contribution in [-0.2, 0) is 14.3 Å². The molecule has 23 heavy (non-hydrogen) atoms. The molecule has 1 N–H and O–H groups in total. The summed E-state index contributed by atoms with van der Waals surface area (Å²) in [6.45, 7) is -0.360. The molecule has 0 radical (unpaired) electrons. The van der Waals surface area contributed by atoms with Gasteiger partial charge in [-0.15, -0.1) is 0 Å². The summed E-state index contributed by atoms with van der Waals surface area (Å²) in [6, 6.07) is 6.54. The lowest BCUT2D eigenvalue weighted by atomic mass is 10.0.